The molecular weight excluding hydrogens is 380 g/mol. The minimum absolute atomic E-state index is 0.272. The summed E-state index contributed by atoms with van der Waals surface area (Å²) in [6.07, 6.45) is 3.68. The third kappa shape index (κ3) is 6.16. The first-order chi connectivity index (χ1) is 13.6. The van der Waals surface area contributed by atoms with Gasteiger partial charge in [-0.25, -0.2) is 4.79 Å². The summed E-state index contributed by atoms with van der Waals surface area (Å²) < 4.78 is 4.78. The second kappa shape index (κ2) is 9.71. The van der Waals surface area contributed by atoms with Crippen LogP contribution in [0, 0.1) is 11.8 Å². The van der Waals surface area contributed by atoms with E-state index in [1.165, 1.54) is 0 Å². The average molecular weight is 410 g/mol. The zero-order chi connectivity index (χ0) is 21.6. The third-order valence-electron chi connectivity index (χ3n) is 5.27. The molecule has 1 aliphatic carbocycles. The molecule has 29 heavy (non-hydrogen) atoms. The fraction of sp³-hybridized carbons (Fsp3) is 0.737. The van der Waals surface area contributed by atoms with Gasteiger partial charge in [0.05, 0.1) is 0 Å². The van der Waals surface area contributed by atoms with Crippen LogP contribution in [-0.2, 0) is 23.9 Å². The first-order valence-electron chi connectivity index (χ1n) is 10.0. The fourth-order valence-electron chi connectivity index (χ4n) is 3.35. The lowest BCUT2D eigenvalue weighted by atomic mass is 9.77. The summed E-state index contributed by atoms with van der Waals surface area (Å²) in [5, 5.41) is 5.75. The summed E-state index contributed by atoms with van der Waals surface area (Å²) in [6.45, 7) is 5.05. The fourth-order valence-corrected chi connectivity index (χ4v) is 3.35. The van der Waals surface area contributed by atoms with Gasteiger partial charge < -0.3 is 15.4 Å². The molecule has 1 saturated carbocycles. The molecule has 0 atom stereocenters. The number of ether oxygens (including phenoxy) is 1. The normalized spacial score (nSPS) is 23.9. The monoisotopic (exact) mass is 410 g/mol. The van der Waals surface area contributed by atoms with Crippen LogP contribution in [0.1, 0.15) is 59.3 Å². The minimum Gasteiger partial charge on any atom is -0.454 e. The summed E-state index contributed by atoms with van der Waals surface area (Å²) in [7, 11) is 0. The van der Waals surface area contributed by atoms with Gasteiger partial charge in [-0.1, -0.05) is 20.8 Å². The van der Waals surface area contributed by atoms with E-state index in [1.54, 1.807) is 0 Å². The van der Waals surface area contributed by atoms with Crippen molar-refractivity contribution in [1.29, 1.82) is 0 Å². The molecule has 162 valence electrons. The molecule has 1 heterocycles. The Labute approximate surface area is 170 Å². The Morgan fingerprint density at radius 1 is 1.21 bits per heavy atom. The van der Waals surface area contributed by atoms with E-state index in [9.17, 15) is 24.0 Å². The number of hydrazine groups is 1. The molecule has 2 fully saturated rings. The molecule has 2 rings (SSSR count). The second-order valence-electron chi connectivity index (χ2n) is 8.24. The van der Waals surface area contributed by atoms with E-state index in [0.717, 1.165) is 12.8 Å². The number of esters is 1. The van der Waals surface area contributed by atoms with Crippen molar-refractivity contribution in [1.82, 2.24) is 21.1 Å². The largest absolute Gasteiger partial charge is 0.454 e. The molecule has 0 aromatic rings. The number of urea groups is 1. The molecule has 2 aliphatic rings. The van der Waals surface area contributed by atoms with Crippen molar-refractivity contribution in [3.05, 3.63) is 0 Å². The molecular formula is C19H30N4O6. The first kappa shape index (κ1) is 22.6. The molecule has 0 unspecified atom stereocenters. The maximum atomic E-state index is 12.6. The predicted octanol–water partition coefficient (Wildman–Crippen LogP) is 0.614. The van der Waals surface area contributed by atoms with Crippen LogP contribution in [0.25, 0.3) is 0 Å². The Bertz CT molecular complexity index is 670. The highest BCUT2D eigenvalue weighted by Gasteiger charge is 2.52. The highest BCUT2D eigenvalue weighted by Crippen LogP contribution is 2.35. The van der Waals surface area contributed by atoms with E-state index < -0.39 is 36.0 Å². The molecule has 0 aromatic heterocycles. The standard InChI is InChI=1S/C19H30N4O6/c1-12(2)4-5-14(24)20-10-16(26)29-11-15(25)22-23-17(27)19(21-18(23)28)8-6-13(3)7-9-19/h12-13H,4-11H2,1-3H3,(H,20,24)(H,21,28)(H,22,25). The summed E-state index contributed by atoms with van der Waals surface area (Å²) in [4.78, 5) is 60.0. The van der Waals surface area contributed by atoms with Crippen LogP contribution >= 0.6 is 0 Å². The van der Waals surface area contributed by atoms with Crippen LogP contribution in [0.3, 0.4) is 0 Å². The Hall–Kier alpha value is -2.65. The summed E-state index contributed by atoms with van der Waals surface area (Å²) in [5.74, 6) is -1.50. The average Bonchev–Trinajstić information content (AvgIpc) is 2.89. The van der Waals surface area contributed by atoms with Gasteiger partial charge >= 0.3 is 12.0 Å². The van der Waals surface area contributed by atoms with E-state index in [4.69, 9.17) is 4.74 Å². The first-order valence-corrected chi connectivity index (χ1v) is 10.0. The number of amides is 5. The molecule has 1 spiro atoms. The number of hydrogen-bond donors (Lipinski definition) is 3. The van der Waals surface area contributed by atoms with Gasteiger partial charge in [-0.2, -0.15) is 5.01 Å². The van der Waals surface area contributed by atoms with Gasteiger partial charge in [-0.3, -0.25) is 24.6 Å². The molecule has 10 heteroatoms. The zero-order valence-corrected chi connectivity index (χ0v) is 17.2. The lowest BCUT2D eigenvalue weighted by molar-refractivity contribution is -0.150. The van der Waals surface area contributed by atoms with E-state index >= 15 is 0 Å². The van der Waals surface area contributed by atoms with E-state index in [-0.39, 0.29) is 12.5 Å². The maximum Gasteiger partial charge on any atom is 0.344 e. The second-order valence-corrected chi connectivity index (χ2v) is 8.24. The van der Waals surface area contributed by atoms with Crippen molar-refractivity contribution in [2.45, 2.75) is 64.8 Å². The van der Waals surface area contributed by atoms with Gasteiger partial charge in [0.1, 0.15) is 12.1 Å². The van der Waals surface area contributed by atoms with Crippen molar-refractivity contribution in [3.8, 4) is 0 Å². The molecule has 0 radical (unpaired) electrons. The Morgan fingerprint density at radius 2 is 1.86 bits per heavy atom. The van der Waals surface area contributed by atoms with Gasteiger partial charge in [-0.05, 0) is 43.9 Å². The van der Waals surface area contributed by atoms with Crippen molar-refractivity contribution in [2.24, 2.45) is 11.8 Å². The van der Waals surface area contributed by atoms with Gasteiger partial charge in [0.25, 0.3) is 11.8 Å². The predicted molar refractivity (Wildman–Crippen MR) is 102 cm³/mol. The molecule has 3 N–H and O–H groups in total. The van der Waals surface area contributed by atoms with Crippen LogP contribution in [0.2, 0.25) is 0 Å². The summed E-state index contributed by atoms with van der Waals surface area (Å²) in [6, 6.07) is -0.693. The van der Waals surface area contributed by atoms with Gasteiger partial charge in [0.15, 0.2) is 6.61 Å². The lowest BCUT2D eigenvalue weighted by Gasteiger charge is -2.33. The number of carbonyl (C=O) groups excluding carboxylic acids is 5. The number of imide groups is 1. The van der Waals surface area contributed by atoms with E-state index in [1.807, 2.05) is 13.8 Å². The molecule has 0 aromatic carbocycles. The van der Waals surface area contributed by atoms with Gasteiger partial charge in [0, 0.05) is 6.42 Å². The third-order valence-corrected chi connectivity index (χ3v) is 5.27. The van der Waals surface area contributed by atoms with Crippen LogP contribution in [-0.4, -0.2) is 53.4 Å². The quantitative estimate of drug-likeness (QED) is 0.397. The SMILES string of the molecule is CC(C)CCC(=O)NCC(=O)OCC(=O)NN1C(=O)NC2(CCC(C)CC2)C1=O. The highest BCUT2D eigenvalue weighted by molar-refractivity contribution is 6.08. The Kier molecular flexibility index (Phi) is 7.58. The molecule has 5 amide bonds. The smallest absolute Gasteiger partial charge is 0.344 e. The number of rotatable bonds is 8. The van der Waals surface area contributed by atoms with Gasteiger partial charge in [0.2, 0.25) is 5.91 Å². The molecule has 0 bridgehead atoms. The van der Waals surface area contributed by atoms with Crippen molar-refractivity contribution >= 4 is 29.7 Å². The molecule has 1 saturated heterocycles. The van der Waals surface area contributed by atoms with Crippen LogP contribution in [0.4, 0.5) is 4.79 Å². The van der Waals surface area contributed by atoms with Crippen molar-refractivity contribution in [3.63, 3.8) is 0 Å². The van der Waals surface area contributed by atoms with Crippen molar-refractivity contribution < 1.29 is 28.7 Å². The van der Waals surface area contributed by atoms with E-state index in [0.29, 0.717) is 42.5 Å². The molecule has 10 nitrogen and oxygen atoms in total. The number of carbonyl (C=O) groups is 5. The van der Waals surface area contributed by atoms with E-state index in [2.05, 4.69) is 23.0 Å². The minimum atomic E-state index is -0.964. The van der Waals surface area contributed by atoms with Crippen LogP contribution < -0.4 is 16.1 Å². The zero-order valence-electron chi connectivity index (χ0n) is 17.2. The maximum absolute atomic E-state index is 12.6. The van der Waals surface area contributed by atoms with Crippen molar-refractivity contribution in [2.75, 3.05) is 13.2 Å². The van der Waals surface area contributed by atoms with Gasteiger partial charge in [-0.15, -0.1) is 0 Å². The topological polar surface area (TPSA) is 134 Å². The van der Waals surface area contributed by atoms with Crippen LogP contribution in [0.15, 0.2) is 0 Å². The number of nitrogens with one attached hydrogen (secondary N) is 3. The summed E-state index contributed by atoms with van der Waals surface area (Å²) >= 11 is 0. The number of hydrogen-bond acceptors (Lipinski definition) is 6. The Balaban J connectivity index is 1.73. The molecule has 1 aliphatic heterocycles. The summed E-state index contributed by atoms with van der Waals surface area (Å²) in [5.41, 5.74) is 1.22. The number of nitrogens with zero attached hydrogens (tertiary/aromatic N) is 1. The van der Waals surface area contributed by atoms with Crippen LogP contribution in [0.5, 0.6) is 0 Å². The lowest BCUT2D eigenvalue weighted by Crippen LogP contribution is -2.52. The highest BCUT2D eigenvalue weighted by atomic mass is 16.5. The Morgan fingerprint density at radius 3 is 2.48 bits per heavy atom.